The third-order valence-corrected chi connectivity index (χ3v) is 5.77. The van der Waals surface area contributed by atoms with Crippen LogP contribution in [-0.2, 0) is 11.3 Å². The molecule has 0 spiro atoms. The monoisotopic (exact) mass is 513 g/mol. The molecule has 0 bridgehead atoms. The van der Waals surface area contributed by atoms with Crippen molar-refractivity contribution in [1.82, 2.24) is 14.9 Å². The van der Waals surface area contributed by atoms with E-state index < -0.39 is 0 Å². The van der Waals surface area contributed by atoms with Crippen molar-refractivity contribution in [2.75, 3.05) is 44.6 Å². The molecular weight excluding hydrogens is 485 g/mol. The van der Waals surface area contributed by atoms with Crippen molar-refractivity contribution in [1.29, 1.82) is 0 Å². The van der Waals surface area contributed by atoms with Gasteiger partial charge in [-0.25, -0.2) is 4.98 Å². The van der Waals surface area contributed by atoms with Gasteiger partial charge in [0.1, 0.15) is 17.3 Å². The molecule has 8 nitrogen and oxygen atoms in total. The van der Waals surface area contributed by atoms with Gasteiger partial charge < -0.3 is 25.3 Å². The van der Waals surface area contributed by atoms with E-state index in [0.29, 0.717) is 24.4 Å². The molecule has 1 saturated heterocycles. The highest BCUT2D eigenvalue weighted by Crippen LogP contribution is 2.33. The normalized spacial score (nSPS) is 15.3. The Labute approximate surface area is 185 Å². The summed E-state index contributed by atoms with van der Waals surface area (Å²) in [7, 11) is 1.62. The Morgan fingerprint density at radius 3 is 2.62 bits per heavy atom. The van der Waals surface area contributed by atoms with Crippen LogP contribution in [0.2, 0.25) is 0 Å². The number of rotatable bonds is 9. The molecule has 1 fully saturated rings. The van der Waals surface area contributed by atoms with E-state index in [0.717, 1.165) is 47.5 Å². The number of aromatic nitrogens is 2. The molecule has 1 aromatic carbocycles. The summed E-state index contributed by atoms with van der Waals surface area (Å²) in [4.78, 5) is 10.9. The summed E-state index contributed by atoms with van der Waals surface area (Å²) in [6.07, 6.45) is 3.72. The maximum absolute atomic E-state index is 5.80. The molecule has 3 rings (SSSR count). The van der Waals surface area contributed by atoms with Gasteiger partial charge in [0.15, 0.2) is 6.79 Å². The summed E-state index contributed by atoms with van der Waals surface area (Å²) < 4.78 is 17.6. The fourth-order valence-corrected chi connectivity index (χ4v) is 3.95. The lowest BCUT2D eigenvalue weighted by Gasteiger charge is -2.32. The number of nitrogens with two attached hydrogens (primary N) is 1. The predicted octanol–water partition coefficient (Wildman–Crippen LogP) is 3.12. The van der Waals surface area contributed by atoms with Crippen molar-refractivity contribution >= 4 is 34.4 Å². The van der Waals surface area contributed by atoms with Gasteiger partial charge in [-0.05, 0) is 66.1 Å². The highest BCUT2D eigenvalue weighted by atomic mass is 127. The maximum Gasteiger partial charge on any atom is 0.224 e. The zero-order valence-electron chi connectivity index (χ0n) is 16.9. The van der Waals surface area contributed by atoms with Crippen LogP contribution in [0.5, 0.6) is 11.5 Å². The minimum Gasteiger partial charge on any atom is -0.493 e. The summed E-state index contributed by atoms with van der Waals surface area (Å²) in [5.74, 6) is 2.73. The summed E-state index contributed by atoms with van der Waals surface area (Å²) >= 11 is 2.26. The lowest BCUT2D eigenvalue weighted by molar-refractivity contribution is 0.0501. The van der Waals surface area contributed by atoms with E-state index in [1.54, 1.807) is 19.4 Å². The van der Waals surface area contributed by atoms with E-state index in [2.05, 4.69) is 54.9 Å². The molecule has 0 aliphatic carbocycles. The zero-order chi connectivity index (χ0) is 20.6. The van der Waals surface area contributed by atoms with Crippen LogP contribution in [0.15, 0.2) is 24.4 Å². The molecule has 3 N–H and O–H groups in total. The molecule has 29 heavy (non-hydrogen) atoms. The number of halogens is 1. The van der Waals surface area contributed by atoms with E-state index in [9.17, 15) is 0 Å². The van der Waals surface area contributed by atoms with Gasteiger partial charge in [-0.2, -0.15) is 4.98 Å². The summed E-state index contributed by atoms with van der Waals surface area (Å²) in [5, 5.41) is 3.39. The number of benzene rings is 1. The van der Waals surface area contributed by atoms with Crippen LogP contribution < -0.4 is 20.5 Å². The fourth-order valence-electron chi connectivity index (χ4n) is 3.32. The summed E-state index contributed by atoms with van der Waals surface area (Å²) in [5.41, 5.74) is 6.90. The molecule has 0 amide bonds. The first kappa shape index (κ1) is 21.8. The minimum atomic E-state index is 0.216. The van der Waals surface area contributed by atoms with E-state index in [1.165, 1.54) is 5.56 Å². The Bertz CT molecular complexity index is 800. The number of nitrogens with one attached hydrogen (secondary N) is 1. The van der Waals surface area contributed by atoms with Crippen molar-refractivity contribution < 1.29 is 14.2 Å². The maximum atomic E-state index is 5.80. The minimum absolute atomic E-state index is 0.216. The number of hydrogen-bond donors (Lipinski definition) is 2. The van der Waals surface area contributed by atoms with Gasteiger partial charge in [0.25, 0.3) is 0 Å². The van der Waals surface area contributed by atoms with E-state index in [-0.39, 0.29) is 6.79 Å². The van der Waals surface area contributed by atoms with E-state index in [1.807, 2.05) is 6.92 Å². The van der Waals surface area contributed by atoms with Gasteiger partial charge in [0, 0.05) is 39.0 Å². The Balaban J connectivity index is 1.59. The lowest BCUT2D eigenvalue weighted by atomic mass is 10.0. The number of nitrogens with zero attached hydrogens (tertiary/aromatic N) is 3. The Morgan fingerprint density at radius 1 is 1.24 bits per heavy atom. The Morgan fingerprint density at radius 2 is 1.97 bits per heavy atom. The standard InChI is InChI=1S/C20H28IN5O3/c1-3-28-16-10-14(11-17(19(16)21)29-13-27-2)12-26-8-5-15(6-9-26)24-20-23-7-4-18(22)25-20/h4,7,10-11,15H,3,5-6,8-9,12-13H2,1-2H3,(H3,22,23,24,25). The van der Waals surface area contributed by atoms with E-state index >= 15 is 0 Å². The quantitative estimate of drug-likeness (QED) is 0.390. The largest absolute Gasteiger partial charge is 0.493 e. The number of ether oxygens (including phenoxy) is 3. The highest BCUT2D eigenvalue weighted by molar-refractivity contribution is 14.1. The van der Waals surface area contributed by atoms with Crippen molar-refractivity contribution in [2.24, 2.45) is 0 Å². The molecule has 1 aromatic heterocycles. The third kappa shape index (κ3) is 6.31. The van der Waals surface area contributed by atoms with Crippen LogP contribution in [0, 0.1) is 3.57 Å². The predicted molar refractivity (Wildman–Crippen MR) is 121 cm³/mol. The fraction of sp³-hybridized carbons (Fsp3) is 0.500. The van der Waals surface area contributed by atoms with Crippen molar-refractivity contribution in [2.45, 2.75) is 32.4 Å². The number of methoxy groups -OCH3 is 1. The van der Waals surface area contributed by atoms with E-state index in [4.69, 9.17) is 19.9 Å². The lowest BCUT2D eigenvalue weighted by Crippen LogP contribution is -2.39. The first-order valence-corrected chi connectivity index (χ1v) is 10.8. The van der Waals surface area contributed by atoms with Crippen LogP contribution in [0.25, 0.3) is 0 Å². The second-order valence-corrected chi connectivity index (χ2v) is 7.97. The molecule has 1 aliphatic rings. The molecule has 2 aromatic rings. The summed E-state index contributed by atoms with van der Waals surface area (Å²) in [6, 6.07) is 6.23. The third-order valence-electron chi connectivity index (χ3n) is 4.70. The van der Waals surface area contributed by atoms with Crippen LogP contribution in [0.1, 0.15) is 25.3 Å². The molecule has 0 saturated carbocycles. The number of likely N-dealkylation sites (tertiary alicyclic amines) is 1. The number of nitrogen functional groups attached to an aromatic ring is 1. The molecule has 0 radical (unpaired) electrons. The molecular formula is C20H28IN5O3. The van der Waals surface area contributed by atoms with Gasteiger partial charge in [-0.15, -0.1) is 0 Å². The average Bonchev–Trinajstić information content (AvgIpc) is 2.71. The number of hydrogen-bond acceptors (Lipinski definition) is 8. The molecule has 2 heterocycles. The second kappa shape index (κ2) is 10.8. The molecule has 158 valence electrons. The van der Waals surface area contributed by atoms with Gasteiger partial charge in [-0.1, -0.05) is 0 Å². The van der Waals surface area contributed by atoms with Gasteiger partial charge in [0.05, 0.1) is 10.2 Å². The van der Waals surface area contributed by atoms with Crippen LogP contribution >= 0.6 is 22.6 Å². The number of piperidine rings is 1. The SMILES string of the molecule is CCOc1cc(CN2CCC(Nc3nccc(N)n3)CC2)cc(OCOC)c1I. The van der Waals surface area contributed by atoms with Gasteiger partial charge in [-0.3, -0.25) is 4.90 Å². The molecule has 1 aliphatic heterocycles. The zero-order valence-corrected chi connectivity index (χ0v) is 19.0. The average molecular weight is 513 g/mol. The first-order chi connectivity index (χ1) is 14.1. The van der Waals surface area contributed by atoms with Crippen molar-refractivity contribution in [3.63, 3.8) is 0 Å². The van der Waals surface area contributed by atoms with Crippen LogP contribution in [0.4, 0.5) is 11.8 Å². The highest BCUT2D eigenvalue weighted by Gasteiger charge is 2.21. The second-order valence-electron chi connectivity index (χ2n) is 6.89. The topological polar surface area (TPSA) is 94.8 Å². The smallest absolute Gasteiger partial charge is 0.224 e. The molecule has 0 atom stereocenters. The number of anilines is 2. The van der Waals surface area contributed by atoms with Crippen LogP contribution in [-0.4, -0.2) is 54.5 Å². The first-order valence-electron chi connectivity index (χ1n) is 9.73. The van der Waals surface area contributed by atoms with Crippen molar-refractivity contribution in [3.05, 3.63) is 33.5 Å². The van der Waals surface area contributed by atoms with Crippen molar-refractivity contribution in [3.8, 4) is 11.5 Å². The Kier molecular flexibility index (Phi) is 8.13. The molecule has 9 heteroatoms. The Hall–Kier alpha value is -1.85. The van der Waals surface area contributed by atoms with Gasteiger partial charge >= 0.3 is 0 Å². The summed E-state index contributed by atoms with van der Waals surface area (Å²) in [6.45, 7) is 5.65. The van der Waals surface area contributed by atoms with Gasteiger partial charge in [0.2, 0.25) is 5.95 Å². The molecule has 0 unspecified atom stereocenters. The van der Waals surface area contributed by atoms with Crippen LogP contribution in [0.3, 0.4) is 0 Å².